The van der Waals surface area contributed by atoms with Crippen molar-refractivity contribution >= 4 is 6.08 Å². The second-order valence-corrected chi connectivity index (χ2v) is 4.66. The van der Waals surface area contributed by atoms with Crippen LogP contribution in [0.25, 0.3) is 6.08 Å². The Kier molecular flexibility index (Phi) is 3.20. The van der Waals surface area contributed by atoms with Crippen molar-refractivity contribution in [3.05, 3.63) is 84.0 Å². The molecule has 2 aromatic carbocycles. The first-order valence-corrected chi connectivity index (χ1v) is 6.50. The smallest absolute Gasteiger partial charge is 0.146 e. The molecule has 2 aromatic rings. The lowest BCUT2D eigenvalue weighted by Crippen LogP contribution is -2.14. The SMILES string of the molecule is C=CCC1=Cc2ccccc2OC1c1ccccc1. The predicted octanol–water partition coefficient (Wildman–Crippen LogP) is 4.78. The zero-order valence-electron chi connectivity index (χ0n) is 10.8. The average Bonchev–Trinajstić information content (AvgIpc) is 2.48. The summed E-state index contributed by atoms with van der Waals surface area (Å²) in [5.74, 6) is 0.948. The Morgan fingerprint density at radius 1 is 1.00 bits per heavy atom. The summed E-state index contributed by atoms with van der Waals surface area (Å²) >= 11 is 0. The van der Waals surface area contributed by atoms with E-state index in [1.165, 1.54) is 11.1 Å². The molecule has 0 aromatic heterocycles. The number of rotatable bonds is 3. The Bertz CT molecular complexity index is 611. The fraction of sp³-hybridized carbons (Fsp3) is 0.111. The Morgan fingerprint density at radius 2 is 1.74 bits per heavy atom. The van der Waals surface area contributed by atoms with E-state index in [2.05, 4.69) is 30.9 Å². The highest BCUT2D eigenvalue weighted by atomic mass is 16.5. The van der Waals surface area contributed by atoms with E-state index >= 15 is 0 Å². The summed E-state index contributed by atoms with van der Waals surface area (Å²) in [7, 11) is 0. The van der Waals surface area contributed by atoms with Gasteiger partial charge in [0.1, 0.15) is 11.9 Å². The van der Waals surface area contributed by atoms with E-state index in [0.717, 1.165) is 17.7 Å². The fourth-order valence-electron chi connectivity index (χ4n) is 2.43. The highest BCUT2D eigenvalue weighted by molar-refractivity contribution is 5.64. The van der Waals surface area contributed by atoms with Gasteiger partial charge in [-0.3, -0.25) is 0 Å². The Hall–Kier alpha value is -2.28. The third-order valence-corrected chi connectivity index (χ3v) is 3.32. The van der Waals surface area contributed by atoms with Crippen LogP contribution in [0.3, 0.4) is 0 Å². The first kappa shape index (κ1) is 11.8. The number of fused-ring (bicyclic) bond motifs is 1. The normalized spacial score (nSPS) is 17.1. The van der Waals surface area contributed by atoms with E-state index in [9.17, 15) is 0 Å². The molecule has 0 amide bonds. The van der Waals surface area contributed by atoms with Gasteiger partial charge in [-0.1, -0.05) is 54.6 Å². The van der Waals surface area contributed by atoms with Crippen LogP contribution in [-0.2, 0) is 0 Å². The Morgan fingerprint density at radius 3 is 2.53 bits per heavy atom. The quantitative estimate of drug-likeness (QED) is 0.710. The zero-order valence-corrected chi connectivity index (χ0v) is 10.8. The third kappa shape index (κ3) is 2.32. The predicted molar refractivity (Wildman–Crippen MR) is 79.0 cm³/mol. The lowest BCUT2D eigenvalue weighted by molar-refractivity contribution is 0.236. The van der Waals surface area contributed by atoms with Gasteiger partial charge in [-0.05, 0) is 29.7 Å². The molecule has 94 valence electrons. The molecule has 1 aliphatic heterocycles. The van der Waals surface area contributed by atoms with Gasteiger partial charge in [-0.15, -0.1) is 6.58 Å². The van der Waals surface area contributed by atoms with Gasteiger partial charge in [0, 0.05) is 5.56 Å². The van der Waals surface area contributed by atoms with Crippen LogP contribution in [-0.4, -0.2) is 0 Å². The van der Waals surface area contributed by atoms with Crippen LogP contribution in [0.4, 0.5) is 0 Å². The number of hydrogen-bond acceptors (Lipinski definition) is 1. The van der Waals surface area contributed by atoms with E-state index in [-0.39, 0.29) is 6.10 Å². The minimum Gasteiger partial charge on any atom is -0.481 e. The molecule has 0 aliphatic carbocycles. The molecule has 0 radical (unpaired) electrons. The lowest BCUT2D eigenvalue weighted by atomic mass is 9.94. The topological polar surface area (TPSA) is 9.23 Å². The highest BCUT2D eigenvalue weighted by Crippen LogP contribution is 2.38. The van der Waals surface area contributed by atoms with Crippen LogP contribution >= 0.6 is 0 Å². The molecule has 0 N–H and O–H groups in total. The minimum atomic E-state index is -0.00546. The monoisotopic (exact) mass is 248 g/mol. The summed E-state index contributed by atoms with van der Waals surface area (Å²) in [6.07, 6.45) is 4.99. The fourth-order valence-corrected chi connectivity index (χ4v) is 2.43. The average molecular weight is 248 g/mol. The molecule has 1 nitrogen and oxygen atoms in total. The molecule has 0 saturated heterocycles. The molecule has 1 heteroatoms. The molecule has 1 aliphatic rings. The van der Waals surface area contributed by atoms with Crippen LogP contribution in [0.2, 0.25) is 0 Å². The molecular weight excluding hydrogens is 232 g/mol. The zero-order chi connectivity index (χ0) is 13.1. The summed E-state index contributed by atoms with van der Waals surface area (Å²) in [6.45, 7) is 3.84. The van der Waals surface area contributed by atoms with E-state index in [0.29, 0.717) is 0 Å². The van der Waals surface area contributed by atoms with Crippen molar-refractivity contribution < 1.29 is 4.74 Å². The van der Waals surface area contributed by atoms with Crippen LogP contribution in [0.15, 0.2) is 72.8 Å². The first-order valence-electron chi connectivity index (χ1n) is 6.50. The van der Waals surface area contributed by atoms with Crippen LogP contribution in [0, 0.1) is 0 Å². The van der Waals surface area contributed by atoms with Gasteiger partial charge in [0.05, 0.1) is 0 Å². The van der Waals surface area contributed by atoms with Crippen molar-refractivity contribution in [3.8, 4) is 5.75 Å². The van der Waals surface area contributed by atoms with E-state index in [4.69, 9.17) is 4.74 Å². The summed E-state index contributed by atoms with van der Waals surface area (Å²) in [5.41, 5.74) is 3.58. The molecule has 0 fully saturated rings. The van der Waals surface area contributed by atoms with Gasteiger partial charge < -0.3 is 4.74 Å². The standard InChI is InChI=1S/C18H16O/c1-2-8-16-13-15-11-6-7-12-17(15)19-18(16)14-9-4-3-5-10-14/h2-7,9-13,18H,1,8H2. The number of benzene rings is 2. The molecule has 0 bridgehead atoms. The van der Waals surface area contributed by atoms with Crippen molar-refractivity contribution in [2.45, 2.75) is 12.5 Å². The maximum absolute atomic E-state index is 6.17. The van der Waals surface area contributed by atoms with Crippen LogP contribution in [0.5, 0.6) is 5.75 Å². The van der Waals surface area contributed by atoms with E-state index in [1.807, 2.05) is 42.5 Å². The molecule has 3 rings (SSSR count). The van der Waals surface area contributed by atoms with E-state index in [1.54, 1.807) is 0 Å². The van der Waals surface area contributed by atoms with Crippen molar-refractivity contribution in [1.82, 2.24) is 0 Å². The molecule has 0 saturated carbocycles. The second-order valence-electron chi connectivity index (χ2n) is 4.66. The van der Waals surface area contributed by atoms with Crippen LogP contribution in [0.1, 0.15) is 23.7 Å². The molecule has 0 spiro atoms. The van der Waals surface area contributed by atoms with Crippen molar-refractivity contribution in [2.24, 2.45) is 0 Å². The highest BCUT2D eigenvalue weighted by Gasteiger charge is 2.22. The lowest BCUT2D eigenvalue weighted by Gasteiger charge is -2.27. The number of allylic oxidation sites excluding steroid dienone is 1. The van der Waals surface area contributed by atoms with Gasteiger partial charge in [-0.25, -0.2) is 0 Å². The number of ether oxygens (including phenoxy) is 1. The van der Waals surface area contributed by atoms with Crippen molar-refractivity contribution in [2.75, 3.05) is 0 Å². The number of hydrogen-bond donors (Lipinski definition) is 0. The summed E-state index contributed by atoms with van der Waals surface area (Å²) in [6, 6.07) is 18.5. The molecule has 1 atom stereocenters. The van der Waals surface area contributed by atoms with Crippen molar-refractivity contribution in [1.29, 1.82) is 0 Å². The largest absolute Gasteiger partial charge is 0.481 e. The van der Waals surface area contributed by atoms with Gasteiger partial charge >= 0.3 is 0 Å². The maximum atomic E-state index is 6.17. The molecule has 19 heavy (non-hydrogen) atoms. The molecular formula is C18H16O. The van der Waals surface area contributed by atoms with Gasteiger partial charge in [-0.2, -0.15) is 0 Å². The summed E-state index contributed by atoms with van der Waals surface area (Å²) < 4.78 is 6.17. The van der Waals surface area contributed by atoms with E-state index < -0.39 is 0 Å². The van der Waals surface area contributed by atoms with Crippen molar-refractivity contribution in [3.63, 3.8) is 0 Å². The van der Waals surface area contributed by atoms with Gasteiger partial charge in [0.15, 0.2) is 0 Å². The third-order valence-electron chi connectivity index (χ3n) is 3.32. The maximum Gasteiger partial charge on any atom is 0.146 e. The minimum absolute atomic E-state index is 0.00546. The Balaban J connectivity index is 2.04. The van der Waals surface area contributed by atoms with Crippen LogP contribution < -0.4 is 4.74 Å². The first-order chi connectivity index (χ1) is 9.38. The summed E-state index contributed by atoms with van der Waals surface area (Å²) in [4.78, 5) is 0. The Labute approximate surface area is 113 Å². The van der Waals surface area contributed by atoms with Gasteiger partial charge in [0.2, 0.25) is 0 Å². The summed E-state index contributed by atoms with van der Waals surface area (Å²) in [5, 5.41) is 0. The molecule has 1 unspecified atom stereocenters. The van der Waals surface area contributed by atoms with Gasteiger partial charge in [0.25, 0.3) is 0 Å². The number of para-hydroxylation sites is 1. The second kappa shape index (κ2) is 5.15. The molecule has 1 heterocycles.